The summed E-state index contributed by atoms with van der Waals surface area (Å²) < 4.78 is 17.3. The molecule has 0 fully saturated rings. The number of hydrogen-bond donors (Lipinski definition) is 2. The Labute approximate surface area is 118 Å². The second kappa shape index (κ2) is 9.95. The molecule has 0 spiro atoms. The quantitative estimate of drug-likeness (QED) is 0.320. The van der Waals surface area contributed by atoms with E-state index in [4.69, 9.17) is 38.5 Å². The SMILES string of the molecule is O=P([O-])([O-])O.O=P([O-])([O-])O.[La+3].[Na+]. The summed E-state index contributed by atoms with van der Waals surface area (Å²) in [5, 5.41) is 0. The van der Waals surface area contributed by atoms with Crippen molar-refractivity contribution in [3.05, 3.63) is 0 Å². The van der Waals surface area contributed by atoms with Crippen LogP contribution in [0.25, 0.3) is 0 Å². The Bertz CT molecular complexity index is 129. The van der Waals surface area contributed by atoms with E-state index in [1.807, 2.05) is 0 Å². The van der Waals surface area contributed by atoms with Gasteiger partial charge in [0.25, 0.3) is 0 Å². The van der Waals surface area contributed by atoms with E-state index in [-0.39, 0.29) is 65.2 Å². The van der Waals surface area contributed by atoms with Crippen LogP contribution in [0.4, 0.5) is 0 Å². The van der Waals surface area contributed by atoms with Crippen molar-refractivity contribution in [2.45, 2.75) is 0 Å². The minimum Gasteiger partial charge on any atom is -0.790 e. The molecular weight excluding hydrogens is 352 g/mol. The molecule has 64 valence electrons. The minimum absolute atomic E-state index is 0. The van der Waals surface area contributed by atoms with Crippen molar-refractivity contribution in [1.82, 2.24) is 0 Å². The molecule has 0 rings (SSSR count). The Balaban J connectivity index is -0.0000000457. The van der Waals surface area contributed by atoms with Crippen molar-refractivity contribution in [1.29, 1.82) is 0 Å². The van der Waals surface area contributed by atoms with Gasteiger partial charge in [-0.3, -0.25) is 0 Å². The maximum absolute atomic E-state index is 8.66. The second-order valence-corrected chi connectivity index (χ2v) is 2.81. The largest absolute Gasteiger partial charge is 3.00 e. The van der Waals surface area contributed by atoms with E-state index in [0.29, 0.717) is 0 Å². The van der Waals surface area contributed by atoms with Gasteiger partial charge in [0.2, 0.25) is 0 Å². The Kier molecular flexibility index (Phi) is 19.8. The van der Waals surface area contributed by atoms with Crippen molar-refractivity contribution in [3.63, 3.8) is 0 Å². The first kappa shape index (κ1) is 23.9. The van der Waals surface area contributed by atoms with E-state index in [2.05, 4.69) is 0 Å². The Morgan fingerprint density at radius 1 is 0.833 bits per heavy atom. The maximum atomic E-state index is 8.66. The Morgan fingerprint density at radius 3 is 0.833 bits per heavy atom. The summed E-state index contributed by atoms with van der Waals surface area (Å²) in [5.41, 5.74) is 0. The molecule has 0 heterocycles. The van der Waals surface area contributed by atoms with Crippen molar-refractivity contribution in [2.24, 2.45) is 0 Å². The fourth-order valence-corrected chi connectivity index (χ4v) is 0. The third kappa shape index (κ3) is 277. The summed E-state index contributed by atoms with van der Waals surface area (Å²) in [5.74, 6) is 0. The molecule has 0 saturated carbocycles. The van der Waals surface area contributed by atoms with Crippen LogP contribution in [-0.2, 0) is 9.13 Å². The van der Waals surface area contributed by atoms with Crippen LogP contribution in [-0.4, -0.2) is 9.79 Å². The molecule has 12 heteroatoms. The van der Waals surface area contributed by atoms with Crippen LogP contribution in [0.15, 0.2) is 0 Å². The molecule has 0 aliphatic rings. The smallest absolute Gasteiger partial charge is 0.790 e. The van der Waals surface area contributed by atoms with Gasteiger partial charge in [-0.05, 0) is 0 Å². The van der Waals surface area contributed by atoms with Crippen molar-refractivity contribution >= 4 is 15.6 Å². The van der Waals surface area contributed by atoms with Gasteiger partial charge in [-0.2, -0.15) is 0 Å². The van der Waals surface area contributed by atoms with Crippen LogP contribution < -0.4 is 49.1 Å². The summed E-state index contributed by atoms with van der Waals surface area (Å²) in [7, 11) is -10.3. The molecule has 0 saturated heterocycles. The average Bonchev–Trinajstić information content (AvgIpc) is 1.12. The van der Waals surface area contributed by atoms with Crippen molar-refractivity contribution in [2.75, 3.05) is 0 Å². The molecular formula is H2LaNaO8P2. The minimum atomic E-state index is -5.14. The first-order valence-corrected chi connectivity index (χ1v) is 4.49. The van der Waals surface area contributed by atoms with Gasteiger partial charge >= 0.3 is 65.2 Å². The van der Waals surface area contributed by atoms with Crippen molar-refractivity contribution < 1.29 is 104 Å². The average molecular weight is 354 g/mol. The fraction of sp³-hybridized carbons (Fsp3) is 0. The van der Waals surface area contributed by atoms with Crippen LogP contribution in [0.2, 0.25) is 0 Å². The van der Waals surface area contributed by atoms with E-state index in [1.165, 1.54) is 0 Å². The first-order chi connectivity index (χ1) is 4.00. The van der Waals surface area contributed by atoms with E-state index >= 15 is 0 Å². The third-order valence-corrected chi connectivity index (χ3v) is 0. The fourth-order valence-electron chi connectivity index (χ4n) is 0. The summed E-state index contributed by atoms with van der Waals surface area (Å²) in [4.78, 5) is 48.6. The molecule has 0 bridgehead atoms. The van der Waals surface area contributed by atoms with Gasteiger partial charge in [0.15, 0.2) is 0 Å². The molecule has 0 aliphatic carbocycles. The summed E-state index contributed by atoms with van der Waals surface area (Å²) >= 11 is 0. The zero-order valence-electron chi connectivity index (χ0n) is 5.82. The Morgan fingerprint density at radius 2 is 0.833 bits per heavy atom. The predicted octanol–water partition coefficient (Wildman–Crippen LogP) is -7.38. The molecule has 0 aromatic heterocycles. The number of hydrogen-bond acceptors (Lipinski definition) is 6. The molecule has 12 heavy (non-hydrogen) atoms. The van der Waals surface area contributed by atoms with Crippen LogP contribution in [0.1, 0.15) is 0 Å². The van der Waals surface area contributed by atoms with Gasteiger partial charge in [-0.15, -0.1) is 0 Å². The molecule has 0 aliphatic heterocycles. The molecule has 0 radical (unpaired) electrons. The summed E-state index contributed by atoms with van der Waals surface area (Å²) in [6, 6.07) is 0. The van der Waals surface area contributed by atoms with Gasteiger partial charge in [0.05, 0.1) is 15.6 Å². The van der Waals surface area contributed by atoms with Crippen LogP contribution in [0, 0.1) is 35.6 Å². The number of rotatable bonds is 0. The Hall–Kier alpha value is 2.41. The molecule has 2 N–H and O–H groups in total. The molecule has 0 aromatic carbocycles. The van der Waals surface area contributed by atoms with Crippen LogP contribution in [0.5, 0.6) is 0 Å². The molecule has 0 atom stereocenters. The van der Waals surface area contributed by atoms with Gasteiger partial charge in [-0.25, -0.2) is 0 Å². The topological polar surface area (TPSA) is 167 Å². The van der Waals surface area contributed by atoms with Gasteiger partial charge in [0.1, 0.15) is 0 Å². The van der Waals surface area contributed by atoms with Crippen LogP contribution in [0.3, 0.4) is 0 Å². The zero-order valence-corrected chi connectivity index (χ0v) is 13.2. The van der Waals surface area contributed by atoms with E-state index in [0.717, 1.165) is 0 Å². The first-order valence-electron chi connectivity index (χ1n) is 1.50. The van der Waals surface area contributed by atoms with Gasteiger partial charge < -0.3 is 38.5 Å². The molecule has 0 amide bonds. The van der Waals surface area contributed by atoms with E-state index in [1.54, 1.807) is 0 Å². The normalized spacial score (nSPS) is 9.83. The monoisotopic (exact) mass is 354 g/mol. The summed E-state index contributed by atoms with van der Waals surface area (Å²) in [6.45, 7) is 0. The second-order valence-electron chi connectivity index (χ2n) is 0.937. The van der Waals surface area contributed by atoms with E-state index < -0.39 is 15.6 Å². The van der Waals surface area contributed by atoms with Crippen LogP contribution >= 0.6 is 15.6 Å². The summed E-state index contributed by atoms with van der Waals surface area (Å²) in [6.07, 6.45) is 0. The van der Waals surface area contributed by atoms with Gasteiger partial charge in [0, 0.05) is 0 Å². The molecule has 8 nitrogen and oxygen atoms in total. The maximum Gasteiger partial charge on any atom is 3.00 e. The standard InChI is InChI=1S/La.Na.2H3O4P/c;;2*1-5(2,3)4/h;;2*(H3,1,2,3,4)/q+3;+1;;/p-4. The third-order valence-electron chi connectivity index (χ3n) is 0. The zero-order chi connectivity index (χ0) is 9.00. The predicted molar refractivity (Wildman–Crippen MR) is 19.7 cm³/mol. The van der Waals surface area contributed by atoms with Crippen molar-refractivity contribution in [3.8, 4) is 0 Å². The van der Waals surface area contributed by atoms with Gasteiger partial charge in [-0.1, -0.05) is 0 Å². The van der Waals surface area contributed by atoms with E-state index in [9.17, 15) is 0 Å². The molecule has 0 aromatic rings. The molecule has 0 unspecified atom stereocenters. The number of phosphoric acid groups is 2.